The Balaban J connectivity index is 2.36. The monoisotopic (exact) mass is 246 g/mol. The third-order valence-corrected chi connectivity index (χ3v) is 3.22. The van der Waals surface area contributed by atoms with Crippen LogP contribution in [-0.2, 0) is 9.59 Å². The molecular weight excluding hydrogens is 228 g/mol. The number of aryl methyl sites for hydroxylation is 2. The highest BCUT2D eigenvalue weighted by Gasteiger charge is 2.28. The van der Waals surface area contributed by atoms with Crippen LogP contribution in [0, 0.1) is 13.8 Å². The highest BCUT2D eigenvalue weighted by molar-refractivity contribution is 6.01. The van der Waals surface area contributed by atoms with E-state index in [1.807, 2.05) is 32.0 Å². The highest BCUT2D eigenvalue weighted by Crippen LogP contribution is 2.23. The van der Waals surface area contributed by atoms with E-state index in [9.17, 15) is 9.59 Å². The van der Waals surface area contributed by atoms with Gasteiger partial charge in [0.05, 0.1) is 0 Å². The third-order valence-electron chi connectivity index (χ3n) is 3.22. The van der Waals surface area contributed by atoms with Crippen molar-refractivity contribution in [2.24, 2.45) is 0 Å². The van der Waals surface area contributed by atoms with Crippen molar-refractivity contribution in [2.45, 2.75) is 33.2 Å². The average Bonchev–Trinajstić information content (AvgIpc) is 2.41. The quantitative estimate of drug-likeness (QED) is 0.817. The molecule has 18 heavy (non-hydrogen) atoms. The fraction of sp³-hybridized carbons (Fsp3) is 0.429. The van der Waals surface area contributed by atoms with Crippen molar-refractivity contribution in [3.63, 3.8) is 0 Å². The van der Waals surface area contributed by atoms with Gasteiger partial charge >= 0.3 is 0 Å². The Kier molecular flexibility index (Phi) is 3.36. The van der Waals surface area contributed by atoms with E-state index in [4.69, 9.17) is 0 Å². The molecule has 0 spiro atoms. The molecule has 1 saturated heterocycles. The Bertz CT molecular complexity index is 497. The molecule has 0 radical (unpaired) electrons. The van der Waals surface area contributed by atoms with Crippen LogP contribution in [0.1, 0.15) is 24.5 Å². The lowest BCUT2D eigenvalue weighted by Crippen LogP contribution is -2.42. The normalized spacial score (nSPS) is 20.6. The summed E-state index contributed by atoms with van der Waals surface area (Å²) in [6.07, 6.45) is 0.351. The first kappa shape index (κ1) is 12.6. The molecule has 2 rings (SSSR count). The molecule has 4 nitrogen and oxygen atoms in total. The Morgan fingerprint density at radius 2 is 2.00 bits per heavy atom. The van der Waals surface area contributed by atoms with Crippen molar-refractivity contribution in [1.82, 2.24) is 5.32 Å². The summed E-state index contributed by atoms with van der Waals surface area (Å²) in [5, 5.41) is 2.69. The Morgan fingerprint density at radius 1 is 1.28 bits per heavy atom. The maximum absolute atomic E-state index is 12.2. The first-order chi connectivity index (χ1) is 8.49. The van der Waals surface area contributed by atoms with Crippen molar-refractivity contribution >= 4 is 17.5 Å². The Hall–Kier alpha value is -1.84. The molecule has 0 aliphatic carbocycles. The summed E-state index contributed by atoms with van der Waals surface area (Å²) in [5.41, 5.74) is 3.12. The summed E-state index contributed by atoms with van der Waals surface area (Å²) in [4.78, 5) is 25.4. The van der Waals surface area contributed by atoms with Gasteiger partial charge in [-0.25, -0.2) is 0 Å². The number of amides is 2. The van der Waals surface area contributed by atoms with Crippen LogP contribution in [0.25, 0.3) is 0 Å². The minimum Gasteiger partial charge on any atom is -0.345 e. The smallest absolute Gasteiger partial charge is 0.249 e. The Morgan fingerprint density at radius 3 is 2.67 bits per heavy atom. The standard InChI is InChI=1S/C14H18N2O2/c1-9-4-5-12(10(2)8-9)16-7-6-13(17)15-11(3)14(16)18/h4-5,8,11H,6-7H2,1-3H3,(H,15,17). The molecule has 1 unspecified atom stereocenters. The molecule has 0 aromatic heterocycles. The van der Waals surface area contributed by atoms with Gasteiger partial charge in [0.1, 0.15) is 6.04 Å². The van der Waals surface area contributed by atoms with Crippen molar-refractivity contribution in [3.05, 3.63) is 29.3 Å². The summed E-state index contributed by atoms with van der Waals surface area (Å²) < 4.78 is 0. The summed E-state index contributed by atoms with van der Waals surface area (Å²) in [7, 11) is 0. The van der Waals surface area contributed by atoms with Gasteiger partial charge in [-0.15, -0.1) is 0 Å². The molecule has 96 valence electrons. The van der Waals surface area contributed by atoms with Gasteiger partial charge in [0.15, 0.2) is 0 Å². The van der Waals surface area contributed by atoms with Gasteiger partial charge in [0.2, 0.25) is 11.8 Å². The molecule has 1 N–H and O–H groups in total. The number of benzene rings is 1. The van der Waals surface area contributed by atoms with Crippen molar-refractivity contribution in [3.8, 4) is 0 Å². The van der Waals surface area contributed by atoms with Crippen LogP contribution >= 0.6 is 0 Å². The minimum absolute atomic E-state index is 0.0483. The molecule has 1 aromatic rings. The minimum atomic E-state index is -0.458. The number of hydrogen-bond donors (Lipinski definition) is 1. The predicted molar refractivity (Wildman–Crippen MR) is 70.5 cm³/mol. The van der Waals surface area contributed by atoms with E-state index in [1.165, 1.54) is 5.56 Å². The van der Waals surface area contributed by atoms with Gasteiger partial charge in [-0.05, 0) is 32.4 Å². The topological polar surface area (TPSA) is 49.4 Å². The molecular formula is C14H18N2O2. The number of hydrogen-bond acceptors (Lipinski definition) is 2. The average molecular weight is 246 g/mol. The van der Waals surface area contributed by atoms with Crippen LogP contribution in [0.2, 0.25) is 0 Å². The number of rotatable bonds is 1. The number of nitrogens with zero attached hydrogens (tertiary/aromatic N) is 1. The third kappa shape index (κ3) is 2.37. The fourth-order valence-corrected chi connectivity index (χ4v) is 2.28. The number of carbonyl (C=O) groups is 2. The van der Waals surface area contributed by atoms with Crippen LogP contribution < -0.4 is 10.2 Å². The molecule has 0 bridgehead atoms. The van der Waals surface area contributed by atoms with Gasteiger partial charge in [0.25, 0.3) is 0 Å². The summed E-state index contributed by atoms with van der Waals surface area (Å²) in [6.45, 7) is 6.18. The van der Waals surface area contributed by atoms with Gasteiger partial charge < -0.3 is 10.2 Å². The molecule has 0 saturated carbocycles. The largest absolute Gasteiger partial charge is 0.345 e. The molecule has 1 aliphatic rings. The Labute approximate surface area is 107 Å². The molecule has 1 aromatic carbocycles. The maximum Gasteiger partial charge on any atom is 0.249 e. The summed E-state index contributed by atoms with van der Waals surface area (Å²) in [5.74, 6) is -0.115. The summed E-state index contributed by atoms with van der Waals surface area (Å²) in [6, 6.07) is 5.53. The van der Waals surface area contributed by atoms with Crippen LogP contribution in [0.3, 0.4) is 0 Å². The lowest BCUT2D eigenvalue weighted by atomic mass is 10.1. The lowest BCUT2D eigenvalue weighted by molar-refractivity contribution is -0.125. The number of anilines is 1. The molecule has 2 amide bonds. The zero-order chi connectivity index (χ0) is 13.3. The first-order valence-corrected chi connectivity index (χ1v) is 6.17. The van der Waals surface area contributed by atoms with E-state index >= 15 is 0 Å². The van der Waals surface area contributed by atoms with E-state index in [2.05, 4.69) is 5.32 Å². The molecule has 4 heteroatoms. The zero-order valence-corrected chi connectivity index (χ0v) is 11.0. The van der Waals surface area contributed by atoms with E-state index in [-0.39, 0.29) is 11.8 Å². The predicted octanol–water partition coefficient (Wildman–Crippen LogP) is 1.54. The van der Waals surface area contributed by atoms with E-state index in [0.717, 1.165) is 11.3 Å². The van der Waals surface area contributed by atoms with Crippen molar-refractivity contribution in [2.75, 3.05) is 11.4 Å². The van der Waals surface area contributed by atoms with Crippen molar-refractivity contribution < 1.29 is 9.59 Å². The summed E-state index contributed by atoms with van der Waals surface area (Å²) >= 11 is 0. The molecule has 1 aliphatic heterocycles. The van der Waals surface area contributed by atoms with Crippen LogP contribution in [0.4, 0.5) is 5.69 Å². The van der Waals surface area contributed by atoms with E-state index in [0.29, 0.717) is 13.0 Å². The van der Waals surface area contributed by atoms with Crippen LogP contribution in [0.15, 0.2) is 18.2 Å². The van der Waals surface area contributed by atoms with Crippen molar-refractivity contribution in [1.29, 1.82) is 0 Å². The van der Waals surface area contributed by atoms with Crippen LogP contribution in [0.5, 0.6) is 0 Å². The second kappa shape index (κ2) is 4.80. The van der Waals surface area contributed by atoms with Gasteiger partial charge in [-0.2, -0.15) is 0 Å². The second-order valence-corrected chi connectivity index (χ2v) is 4.82. The first-order valence-electron chi connectivity index (χ1n) is 6.17. The second-order valence-electron chi connectivity index (χ2n) is 4.82. The van der Waals surface area contributed by atoms with Crippen LogP contribution in [-0.4, -0.2) is 24.4 Å². The van der Waals surface area contributed by atoms with Gasteiger partial charge in [-0.1, -0.05) is 17.7 Å². The maximum atomic E-state index is 12.2. The van der Waals surface area contributed by atoms with Gasteiger partial charge in [0, 0.05) is 18.7 Å². The SMILES string of the molecule is Cc1ccc(N2CCC(=O)NC(C)C2=O)c(C)c1. The number of carbonyl (C=O) groups excluding carboxylic acids is 2. The molecule has 1 heterocycles. The van der Waals surface area contributed by atoms with E-state index in [1.54, 1.807) is 11.8 Å². The lowest BCUT2D eigenvalue weighted by Gasteiger charge is -2.24. The van der Waals surface area contributed by atoms with E-state index < -0.39 is 6.04 Å². The highest BCUT2D eigenvalue weighted by atomic mass is 16.2. The molecule has 1 fully saturated rings. The fourth-order valence-electron chi connectivity index (χ4n) is 2.28. The molecule has 1 atom stereocenters. The number of nitrogens with one attached hydrogen (secondary N) is 1. The zero-order valence-electron chi connectivity index (χ0n) is 11.0. The van der Waals surface area contributed by atoms with Gasteiger partial charge in [-0.3, -0.25) is 9.59 Å².